The van der Waals surface area contributed by atoms with E-state index in [1.54, 1.807) is 25.2 Å². The first-order chi connectivity index (χ1) is 5.65. The molecular formula is C8H9Cl2NO. The molecule has 1 rings (SSSR count). The molecule has 0 saturated carbocycles. The minimum Gasteiger partial charge on any atom is -0.374 e. The molecule has 1 aromatic rings. The Labute approximate surface area is 81.1 Å². The van der Waals surface area contributed by atoms with Crippen molar-refractivity contribution in [2.24, 2.45) is 0 Å². The number of benzene rings is 1. The predicted molar refractivity (Wildman–Crippen MR) is 50.5 cm³/mol. The Balaban J connectivity index is 2.96. The van der Waals surface area contributed by atoms with Gasteiger partial charge in [0.25, 0.3) is 0 Å². The monoisotopic (exact) mass is 205 g/mol. The van der Waals surface area contributed by atoms with Gasteiger partial charge >= 0.3 is 0 Å². The van der Waals surface area contributed by atoms with Gasteiger partial charge in [-0.05, 0) is 24.7 Å². The molecule has 0 saturated heterocycles. The van der Waals surface area contributed by atoms with Crippen molar-refractivity contribution in [3.63, 3.8) is 0 Å². The summed E-state index contributed by atoms with van der Waals surface area (Å²) in [6.45, 7) is 0. The maximum Gasteiger partial charge on any atom is 0.130 e. The summed E-state index contributed by atoms with van der Waals surface area (Å²) < 4.78 is 0. The summed E-state index contributed by atoms with van der Waals surface area (Å²) in [5, 5.41) is 13.0. The Morgan fingerprint density at radius 3 is 2.50 bits per heavy atom. The standard InChI is InChI=1S/C8H9Cl2NO/c1-11-8(12)5-2-3-6(9)7(10)4-5/h2-4,8,11-12H,1H3. The molecule has 12 heavy (non-hydrogen) atoms. The Hall–Kier alpha value is -0.280. The van der Waals surface area contributed by atoms with Gasteiger partial charge in [0.2, 0.25) is 0 Å². The Bertz CT molecular complexity index is 278. The molecule has 2 N–H and O–H groups in total. The minimum atomic E-state index is -0.695. The molecular weight excluding hydrogens is 197 g/mol. The van der Waals surface area contributed by atoms with E-state index in [9.17, 15) is 5.11 Å². The summed E-state index contributed by atoms with van der Waals surface area (Å²) in [6, 6.07) is 5.00. The molecule has 0 bridgehead atoms. The van der Waals surface area contributed by atoms with E-state index in [0.717, 1.165) is 0 Å². The molecule has 66 valence electrons. The fourth-order valence-electron chi connectivity index (χ4n) is 0.849. The maximum atomic E-state index is 9.33. The smallest absolute Gasteiger partial charge is 0.130 e. The zero-order valence-electron chi connectivity index (χ0n) is 6.51. The Morgan fingerprint density at radius 2 is 2.00 bits per heavy atom. The number of nitrogens with one attached hydrogen (secondary N) is 1. The lowest BCUT2D eigenvalue weighted by Gasteiger charge is -2.09. The van der Waals surface area contributed by atoms with E-state index < -0.39 is 6.23 Å². The van der Waals surface area contributed by atoms with Crippen LogP contribution in [-0.2, 0) is 0 Å². The van der Waals surface area contributed by atoms with Crippen molar-refractivity contribution in [1.29, 1.82) is 0 Å². The van der Waals surface area contributed by atoms with Crippen LogP contribution < -0.4 is 5.32 Å². The molecule has 0 fully saturated rings. The van der Waals surface area contributed by atoms with Gasteiger partial charge in [-0.25, -0.2) is 0 Å². The van der Waals surface area contributed by atoms with Gasteiger partial charge in [-0.1, -0.05) is 29.3 Å². The minimum absolute atomic E-state index is 0.448. The van der Waals surface area contributed by atoms with Gasteiger partial charge in [0.05, 0.1) is 10.0 Å². The highest BCUT2D eigenvalue weighted by molar-refractivity contribution is 6.42. The molecule has 4 heteroatoms. The molecule has 0 aliphatic heterocycles. The van der Waals surface area contributed by atoms with Crippen molar-refractivity contribution in [2.45, 2.75) is 6.23 Å². The van der Waals surface area contributed by atoms with Crippen LogP contribution in [0.15, 0.2) is 18.2 Å². The van der Waals surface area contributed by atoms with Crippen molar-refractivity contribution in [3.8, 4) is 0 Å². The lowest BCUT2D eigenvalue weighted by Crippen LogP contribution is -2.14. The van der Waals surface area contributed by atoms with Crippen LogP contribution >= 0.6 is 23.2 Å². The second kappa shape index (κ2) is 4.10. The summed E-state index contributed by atoms with van der Waals surface area (Å²) >= 11 is 11.4. The van der Waals surface area contributed by atoms with Crippen molar-refractivity contribution in [1.82, 2.24) is 5.32 Å². The lowest BCUT2D eigenvalue weighted by molar-refractivity contribution is 0.149. The molecule has 0 radical (unpaired) electrons. The Kier molecular flexibility index (Phi) is 3.35. The van der Waals surface area contributed by atoms with E-state index in [1.807, 2.05) is 0 Å². The van der Waals surface area contributed by atoms with Gasteiger partial charge in [-0.15, -0.1) is 0 Å². The van der Waals surface area contributed by atoms with Crippen LogP contribution in [0.1, 0.15) is 11.8 Å². The van der Waals surface area contributed by atoms with Gasteiger partial charge in [-0.3, -0.25) is 5.32 Å². The van der Waals surface area contributed by atoms with Crippen LogP contribution in [0.2, 0.25) is 10.0 Å². The second-order valence-electron chi connectivity index (χ2n) is 2.36. The van der Waals surface area contributed by atoms with Gasteiger partial charge in [0.15, 0.2) is 0 Å². The SMILES string of the molecule is CNC(O)c1ccc(Cl)c(Cl)c1. The first kappa shape index (κ1) is 9.81. The third-order valence-electron chi connectivity index (χ3n) is 1.53. The predicted octanol–water partition coefficient (Wildman–Crippen LogP) is 2.20. The van der Waals surface area contributed by atoms with E-state index in [4.69, 9.17) is 23.2 Å². The number of rotatable bonds is 2. The quantitative estimate of drug-likeness (QED) is 0.727. The Morgan fingerprint density at radius 1 is 1.33 bits per heavy atom. The van der Waals surface area contributed by atoms with Crippen LogP contribution in [0.4, 0.5) is 0 Å². The summed E-state index contributed by atoms with van der Waals surface area (Å²) in [4.78, 5) is 0. The van der Waals surface area contributed by atoms with Crippen molar-refractivity contribution < 1.29 is 5.11 Å². The fourth-order valence-corrected chi connectivity index (χ4v) is 1.16. The third kappa shape index (κ3) is 2.11. The topological polar surface area (TPSA) is 32.3 Å². The number of hydrogen-bond donors (Lipinski definition) is 2. The number of hydrogen-bond acceptors (Lipinski definition) is 2. The van der Waals surface area contributed by atoms with E-state index in [-0.39, 0.29) is 0 Å². The van der Waals surface area contributed by atoms with E-state index in [1.165, 1.54) is 0 Å². The average Bonchev–Trinajstić information content (AvgIpc) is 2.08. The zero-order chi connectivity index (χ0) is 9.14. The first-order valence-corrected chi connectivity index (χ1v) is 4.21. The number of aliphatic hydroxyl groups excluding tert-OH is 1. The first-order valence-electron chi connectivity index (χ1n) is 3.45. The molecule has 0 amide bonds. The number of halogens is 2. The highest BCUT2D eigenvalue weighted by atomic mass is 35.5. The van der Waals surface area contributed by atoms with E-state index >= 15 is 0 Å². The molecule has 0 aliphatic carbocycles. The van der Waals surface area contributed by atoms with Crippen molar-refractivity contribution in [3.05, 3.63) is 33.8 Å². The second-order valence-corrected chi connectivity index (χ2v) is 3.18. The highest BCUT2D eigenvalue weighted by Crippen LogP contribution is 2.24. The largest absolute Gasteiger partial charge is 0.374 e. The highest BCUT2D eigenvalue weighted by Gasteiger charge is 2.05. The fraction of sp³-hybridized carbons (Fsp3) is 0.250. The normalized spacial score (nSPS) is 13.0. The van der Waals surface area contributed by atoms with E-state index in [2.05, 4.69) is 5.32 Å². The summed E-state index contributed by atoms with van der Waals surface area (Å²) in [5.41, 5.74) is 0.701. The van der Waals surface area contributed by atoms with Crippen LogP contribution in [0.25, 0.3) is 0 Å². The van der Waals surface area contributed by atoms with Gasteiger partial charge in [0.1, 0.15) is 6.23 Å². The van der Waals surface area contributed by atoms with Gasteiger partial charge in [0, 0.05) is 0 Å². The van der Waals surface area contributed by atoms with Gasteiger partial charge in [-0.2, -0.15) is 0 Å². The van der Waals surface area contributed by atoms with Crippen LogP contribution in [0.3, 0.4) is 0 Å². The van der Waals surface area contributed by atoms with Crippen LogP contribution in [-0.4, -0.2) is 12.2 Å². The van der Waals surface area contributed by atoms with E-state index in [0.29, 0.717) is 15.6 Å². The maximum absolute atomic E-state index is 9.33. The summed E-state index contributed by atoms with van der Waals surface area (Å²) in [6.07, 6.45) is -0.695. The number of aliphatic hydroxyl groups is 1. The molecule has 0 heterocycles. The molecule has 2 nitrogen and oxygen atoms in total. The summed E-state index contributed by atoms with van der Waals surface area (Å²) in [7, 11) is 1.66. The zero-order valence-corrected chi connectivity index (χ0v) is 8.02. The van der Waals surface area contributed by atoms with Crippen molar-refractivity contribution in [2.75, 3.05) is 7.05 Å². The lowest BCUT2D eigenvalue weighted by atomic mass is 10.2. The third-order valence-corrected chi connectivity index (χ3v) is 2.27. The molecule has 1 atom stereocenters. The molecule has 0 spiro atoms. The average molecular weight is 206 g/mol. The summed E-state index contributed by atoms with van der Waals surface area (Å²) in [5.74, 6) is 0. The van der Waals surface area contributed by atoms with Crippen LogP contribution in [0.5, 0.6) is 0 Å². The van der Waals surface area contributed by atoms with Crippen LogP contribution in [0, 0.1) is 0 Å². The molecule has 0 aromatic heterocycles. The van der Waals surface area contributed by atoms with Gasteiger partial charge < -0.3 is 5.11 Å². The molecule has 1 unspecified atom stereocenters. The molecule has 1 aromatic carbocycles. The van der Waals surface area contributed by atoms with Crippen molar-refractivity contribution >= 4 is 23.2 Å². The molecule has 0 aliphatic rings.